The van der Waals surface area contributed by atoms with E-state index in [1.165, 1.54) is 29.5 Å². The summed E-state index contributed by atoms with van der Waals surface area (Å²) >= 11 is 1.42. The number of carbonyl (C=O) groups excluding carboxylic acids is 2. The molecule has 1 aromatic carbocycles. The maximum absolute atomic E-state index is 14.0. The third-order valence-electron chi connectivity index (χ3n) is 4.04. The number of rotatable bonds is 6. The molecule has 0 unspecified atom stereocenters. The number of halogens is 1. The number of hydrogen-bond acceptors (Lipinski definition) is 5. The molecular weight excluding hydrogens is 357 g/mol. The molecule has 2 aromatic rings. The minimum atomic E-state index is -0.543. The van der Waals surface area contributed by atoms with Crippen LogP contribution in [0.15, 0.2) is 35.0 Å². The molecule has 0 bridgehead atoms. The van der Waals surface area contributed by atoms with Crippen LogP contribution in [0.25, 0.3) is 0 Å². The number of ether oxygens (including phenoxy) is 1. The van der Waals surface area contributed by atoms with Crippen LogP contribution in [0.3, 0.4) is 0 Å². The van der Waals surface area contributed by atoms with E-state index in [-0.39, 0.29) is 23.9 Å². The van der Waals surface area contributed by atoms with Crippen LogP contribution in [0.1, 0.15) is 16.8 Å². The second-order valence-electron chi connectivity index (χ2n) is 5.91. The maximum atomic E-state index is 14.0. The van der Waals surface area contributed by atoms with Gasteiger partial charge in [0, 0.05) is 37.1 Å². The third-order valence-corrected chi connectivity index (χ3v) is 4.72. The van der Waals surface area contributed by atoms with Crippen molar-refractivity contribution < 1.29 is 18.7 Å². The van der Waals surface area contributed by atoms with E-state index in [1.807, 2.05) is 0 Å². The molecule has 3 rings (SSSR count). The van der Waals surface area contributed by atoms with Crippen LogP contribution in [0.5, 0.6) is 0 Å². The average molecular weight is 377 g/mol. The second-order valence-corrected chi connectivity index (χ2v) is 6.69. The topological polar surface area (TPSA) is 70.7 Å². The lowest BCUT2D eigenvalue weighted by Gasteiger charge is -2.26. The van der Waals surface area contributed by atoms with Crippen LogP contribution in [0.2, 0.25) is 0 Å². The highest BCUT2D eigenvalue weighted by molar-refractivity contribution is 7.08. The Morgan fingerprint density at radius 1 is 1.19 bits per heavy atom. The van der Waals surface area contributed by atoms with E-state index in [1.54, 1.807) is 16.8 Å². The fourth-order valence-electron chi connectivity index (χ4n) is 2.59. The Bertz CT molecular complexity index is 761. The standard InChI is InChI=1S/C18H20FN3O3S/c19-15-2-1-14(20-18(24)13-4-10-26-12-13)11-16(15)21-17(23)3-5-22-6-8-25-9-7-22/h1-2,4,10-12H,3,5-9H2,(H,20,24)(H,21,23). The van der Waals surface area contributed by atoms with Gasteiger partial charge in [-0.2, -0.15) is 11.3 Å². The average Bonchev–Trinajstić information content (AvgIpc) is 3.18. The number of benzene rings is 1. The fourth-order valence-corrected chi connectivity index (χ4v) is 3.23. The SMILES string of the molecule is O=C(CCN1CCOCC1)Nc1cc(NC(=O)c2ccsc2)ccc1F. The number of hydrogen-bond donors (Lipinski definition) is 2. The summed E-state index contributed by atoms with van der Waals surface area (Å²) in [7, 11) is 0. The van der Waals surface area contributed by atoms with E-state index < -0.39 is 5.82 Å². The lowest BCUT2D eigenvalue weighted by molar-refractivity contribution is -0.116. The van der Waals surface area contributed by atoms with E-state index >= 15 is 0 Å². The van der Waals surface area contributed by atoms with Gasteiger partial charge in [-0.1, -0.05) is 0 Å². The molecule has 2 amide bonds. The summed E-state index contributed by atoms with van der Waals surface area (Å²) in [4.78, 5) is 26.3. The fraction of sp³-hybridized carbons (Fsp3) is 0.333. The van der Waals surface area contributed by atoms with Crippen molar-refractivity contribution in [3.05, 3.63) is 46.4 Å². The molecule has 1 aliphatic rings. The van der Waals surface area contributed by atoms with Crippen molar-refractivity contribution in [2.45, 2.75) is 6.42 Å². The number of nitrogens with zero attached hydrogens (tertiary/aromatic N) is 1. The smallest absolute Gasteiger partial charge is 0.256 e. The molecule has 0 aliphatic carbocycles. The predicted molar refractivity (Wildman–Crippen MR) is 99.2 cm³/mol. The van der Waals surface area contributed by atoms with Crippen molar-refractivity contribution in [1.82, 2.24) is 4.90 Å². The van der Waals surface area contributed by atoms with Crippen molar-refractivity contribution in [2.75, 3.05) is 43.5 Å². The normalized spacial score (nSPS) is 14.8. The van der Waals surface area contributed by atoms with Crippen LogP contribution in [0.4, 0.5) is 15.8 Å². The summed E-state index contributed by atoms with van der Waals surface area (Å²) in [5, 5.41) is 8.81. The summed E-state index contributed by atoms with van der Waals surface area (Å²) in [5.74, 6) is -1.09. The molecule has 0 radical (unpaired) electrons. The van der Waals surface area contributed by atoms with E-state index in [0.717, 1.165) is 13.1 Å². The van der Waals surface area contributed by atoms with Gasteiger partial charge in [-0.3, -0.25) is 14.5 Å². The van der Waals surface area contributed by atoms with Crippen LogP contribution in [-0.2, 0) is 9.53 Å². The molecule has 1 aromatic heterocycles. The Kier molecular flexibility index (Phi) is 6.32. The largest absolute Gasteiger partial charge is 0.379 e. The first-order valence-corrected chi connectivity index (χ1v) is 9.29. The Morgan fingerprint density at radius 2 is 2.00 bits per heavy atom. The molecule has 1 saturated heterocycles. The van der Waals surface area contributed by atoms with Crippen LogP contribution < -0.4 is 10.6 Å². The van der Waals surface area contributed by atoms with Gasteiger partial charge >= 0.3 is 0 Å². The number of amides is 2. The van der Waals surface area contributed by atoms with Crippen molar-refractivity contribution >= 4 is 34.5 Å². The first-order chi connectivity index (χ1) is 12.6. The quantitative estimate of drug-likeness (QED) is 0.812. The zero-order valence-electron chi connectivity index (χ0n) is 14.2. The molecule has 0 atom stereocenters. The van der Waals surface area contributed by atoms with Crippen molar-refractivity contribution in [1.29, 1.82) is 0 Å². The van der Waals surface area contributed by atoms with Crippen molar-refractivity contribution in [2.24, 2.45) is 0 Å². The molecule has 1 fully saturated rings. The monoisotopic (exact) mass is 377 g/mol. The van der Waals surface area contributed by atoms with Gasteiger partial charge in [-0.25, -0.2) is 4.39 Å². The summed E-state index contributed by atoms with van der Waals surface area (Å²) in [6, 6.07) is 5.81. The van der Waals surface area contributed by atoms with Gasteiger partial charge < -0.3 is 15.4 Å². The molecule has 1 aliphatic heterocycles. The molecule has 2 N–H and O–H groups in total. The van der Waals surface area contributed by atoms with Crippen LogP contribution in [-0.4, -0.2) is 49.6 Å². The Labute approximate surface area is 155 Å². The second kappa shape index (κ2) is 8.88. The van der Waals surface area contributed by atoms with Gasteiger partial charge in [-0.15, -0.1) is 0 Å². The number of anilines is 2. The minimum absolute atomic E-state index is 0.0556. The van der Waals surface area contributed by atoms with E-state index in [0.29, 0.717) is 31.0 Å². The van der Waals surface area contributed by atoms with Gasteiger partial charge in [-0.05, 0) is 29.6 Å². The zero-order chi connectivity index (χ0) is 18.4. The van der Waals surface area contributed by atoms with Gasteiger partial charge in [0.05, 0.1) is 24.5 Å². The molecule has 0 spiro atoms. The number of nitrogens with one attached hydrogen (secondary N) is 2. The maximum Gasteiger partial charge on any atom is 0.256 e. The zero-order valence-corrected chi connectivity index (χ0v) is 15.0. The molecule has 138 valence electrons. The van der Waals surface area contributed by atoms with Gasteiger partial charge in [0.15, 0.2) is 0 Å². The number of thiophene rings is 1. The van der Waals surface area contributed by atoms with Gasteiger partial charge in [0.2, 0.25) is 5.91 Å². The molecule has 6 nitrogen and oxygen atoms in total. The van der Waals surface area contributed by atoms with Gasteiger partial charge in [0.1, 0.15) is 5.82 Å². The summed E-state index contributed by atoms with van der Waals surface area (Å²) < 4.78 is 19.2. The predicted octanol–water partition coefficient (Wildman–Crippen LogP) is 2.80. The lowest BCUT2D eigenvalue weighted by atomic mass is 10.2. The molecule has 26 heavy (non-hydrogen) atoms. The Balaban J connectivity index is 1.56. The highest BCUT2D eigenvalue weighted by Crippen LogP contribution is 2.21. The Hall–Kier alpha value is -2.29. The summed E-state index contributed by atoms with van der Waals surface area (Å²) in [6.07, 6.45) is 0.269. The lowest BCUT2D eigenvalue weighted by Crippen LogP contribution is -2.38. The molecule has 2 heterocycles. The highest BCUT2D eigenvalue weighted by atomic mass is 32.1. The number of morpholine rings is 1. The van der Waals surface area contributed by atoms with E-state index in [2.05, 4.69) is 15.5 Å². The first-order valence-electron chi connectivity index (χ1n) is 8.35. The third kappa shape index (κ3) is 5.10. The molecule has 0 saturated carbocycles. The van der Waals surface area contributed by atoms with Crippen LogP contribution in [0, 0.1) is 5.82 Å². The number of carbonyl (C=O) groups is 2. The van der Waals surface area contributed by atoms with Gasteiger partial charge in [0.25, 0.3) is 5.91 Å². The summed E-state index contributed by atoms with van der Waals surface area (Å²) in [6.45, 7) is 3.53. The van der Waals surface area contributed by atoms with Crippen molar-refractivity contribution in [3.8, 4) is 0 Å². The first kappa shape index (κ1) is 18.5. The van der Waals surface area contributed by atoms with Crippen molar-refractivity contribution in [3.63, 3.8) is 0 Å². The minimum Gasteiger partial charge on any atom is -0.379 e. The highest BCUT2D eigenvalue weighted by Gasteiger charge is 2.14. The molecular formula is C18H20FN3O3S. The van der Waals surface area contributed by atoms with Crippen LogP contribution >= 0.6 is 11.3 Å². The summed E-state index contributed by atoms with van der Waals surface area (Å²) in [5.41, 5.74) is 1.02. The molecule has 8 heteroatoms. The Morgan fingerprint density at radius 3 is 2.73 bits per heavy atom. The van der Waals surface area contributed by atoms with E-state index in [9.17, 15) is 14.0 Å². The van der Waals surface area contributed by atoms with E-state index in [4.69, 9.17) is 4.74 Å².